The maximum absolute atomic E-state index is 6.82. The Bertz CT molecular complexity index is 1530. The molecular formula is C37H39N2O4+. The first-order valence-electron chi connectivity index (χ1n) is 14.9. The van der Waals surface area contributed by atoms with Crippen LogP contribution in [0.5, 0.6) is 0 Å². The average molecular weight is 576 g/mol. The van der Waals surface area contributed by atoms with Gasteiger partial charge in [0.2, 0.25) is 0 Å². The van der Waals surface area contributed by atoms with E-state index in [0.717, 1.165) is 28.1 Å². The van der Waals surface area contributed by atoms with Crippen molar-refractivity contribution in [3.8, 4) is 0 Å². The van der Waals surface area contributed by atoms with Crippen molar-refractivity contribution in [3.05, 3.63) is 162 Å². The molecule has 0 saturated heterocycles. The topological polar surface area (TPSA) is 45.7 Å². The van der Waals surface area contributed by atoms with Crippen molar-refractivity contribution in [1.82, 2.24) is 4.57 Å². The Kier molecular flexibility index (Phi) is 9.72. The van der Waals surface area contributed by atoms with Crippen LogP contribution >= 0.6 is 0 Å². The number of ether oxygens (including phenoxy) is 4. The fraction of sp³-hybridized carbons (Fsp3) is 0.270. The Hall–Kier alpha value is -4.07. The maximum atomic E-state index is 6.82. The Morgan fingerprint density at radius 1 is 0.558 bits per heavy atom. The number of fused-ring (bicyclic) bond motifs is 1. The molecule has 1 aromatic heterocycles. The number of nitrogens with zero attached hydrogens (tertiary/aromatic N) is 2. The van der Waals surface area contributed by atoms with Crippen LogP contribution in [0.2, 0.25) is 0 Å². The normalized spacial score (nSPS) is 19.7. The van der Waals surface area contributed by atoms with Gasteiger partial charge >= 0.3 is 0 Å². The number of hydrogen-bond acceptors (Lipinski definition) is 4. The van der Waals surface area contributed by atoms with Crippen molar-refractivity contribution in [2.75, 3.05) is 6.61 Å². The van der Waals surface area contributed by atoms with E-state index in [1.165, 1.54) is 0 Å². The molecule has 0 aliphatic carbocycles. The molecule has 4 aromatic carbocycles. The van der Waals surface area contributed by atoms with Crippen LogP contribution < -0.4 is 4.57 Å². The molecule has 6 heteroatoms. The smallest absolute Gasteiger partial charge is 0.289 e. The van der Waals surface area contributed by atoms with Crippen LogP contribution in [0.4, 0.5) is 0 Å². The van der Waals surface area contributed by atoms with Crippen LogP contribution in [0.25, 0.3) is 0 Å². The lowest BCUT2D eigenvalue weighted by atomic mass is 9.94. The van der Waals surface area contributed by atoms with Gasteiger partial charge < -0.3 is 18.9 Å². The predicted molar refractivity (Wildman–Crippen MR) is 165 cm³/mol. The van der Waals surface area contributed by atoms with E-state index in [-0.39, 0.29) is 24.4 Å². The zero-order chi connectivity index (χ0) is 29.3. The molecule has 6 nitrogen and oxygen atoms in total. The van der Waals surface area contributed by atoms with E-state index in [9.17, 15) is 0 Å². The number of aromatic nitrogens is 2. The van der Waals surface area contributed by atoms with Gasteiger partial charge in [0.05, 0.1) is 40.1 Å². The van der Waals surface area contributed by atoms with Crippen LogP contribution in [-0.4, -0.2) is 23.4 Å². The molecule has 220 valence electrons. The van der Waals surface area contributed by atoms with Crippen LogP contribution in [-0.2, 0) is 52.4 Å². The molecule has 43 heavy (non-hydrogen) atoms. The van der Waals surface area contributed by atoms with Crippen LogP contribution in [0.3, 0.4) is 0 Å². The fourth-order valence-corrected chi connectivity index (χ4v) is 5.73. The van der Waals surface area contributed by atoms with Gasteiger partial charge in [-0.2, -0.15) is 0 Å². The summed E-state index contributed by atoms with van der Waals surface area (Å²) in [7, 11) is 2.06. The number of benzene rings is 4. The quantitative estimate of drug-likeness (QED) is 0.150. The SMILES string of the molecule is C[n+]1ccn2c1[C@H](OCc1ccccc1)[C@@H](OCc1ccccc1)[C@H](OCc1ccccc1)[C@H]2COCc1ccccc1. The van der Waals surface area contributed by atoms with Gasteiger partial charge in [-0.25, -0.2) is 9.13 Å². The summed E-state index contributed by atoms with van der Waals surface area (Å²) in [5.41, 5.74) is 4.46. The second-order valence-corrected chi connectivity index (χ2v) is 11.0. The van der Waals surface area contributed by atoms with E-state index < -0.39 is 0 Å². The monoisotopic (exact) mass is 575 g/mol. The Morgan fingerprint density at radius 3 is 1.51 bits per heavy atom. The summed E-state index contributed by atoms with van der Waals surface area (Å²) < 4.78 is 31.2. The predicted octanol–water partition coefficient (Wildman–Crippen LogP) is 6.51. The van der Waals surface area contributed by atoms with Gasteiger partial charge in [0, 0.05) is 0 Å². The van der Waals surface area contributed by atoms with Crippen molar-refractivity contribution >= 4 is 0 Å². The molecular weight excluding hydrogens is 536 g/mol. The summed E-state index contributed by atoms with van der Waals surface area (Å²) >= 11 is 0. The third-order valence-electron chi connectivity index (χ3n) is 7.93. The number of imidazole rings is 1. The molecule has 2 heterocycles. The molecule has 0 saturated carbocycles. The largest absolute Gasteiger partial charge is 0.372 e. The van der Waals surface area contributed by atoms with E-state index in [1.54, 1.807) is 0 Å². The molecule has 0 bridgehead atoms. The number of rotatable bonds is 13. The Labute approximate surface area is 254 Å². The van der Waals surface area contributed by atoms with Crippen molar-refractivity contribution in [2.24, 2.45) is 7.05 Å². The minimum absolute atomic E-state index is 0.124. The highest BCUT2D eigenvalue weighted by Crippen LogP contribution is 2.39. The van der Waals surface area contributed by atoms with Gasteiger partial charge in [0.1, 0.15) is 24.6 Å². The van der Waals surface area contributed by atoms with Crippen molar-refractivity contribution < 1.29 is 23.5 Å². The number of aryl methyl sites for hydroxylation is 1. The van der Waals surface area contributed by atoms with Gasteiger partial charge in [-0.05, 0) is 22.3 Å². The lowest BCUT2D eigenvalue weighted by Gasteiger charge is -2.39. The minimum Gasteiger partial charge on any atom is -0.372 e. The van der Waals surface area contributed by atoms with Gasteiger partial charge in [-0.15, -0.1) is 0 Å². The third kappa shape index (κ3) is 7.29. The summed E-state index contributed by atoms with van der Waals surface area (Å²) in [5.74, 6) is 1.03. The summed E-state index contributed by atoms with van der Waals surface area (Å²) in [6.45, 7) is 2.36. The summed E-state index contributed by atoms with van der Waals surface area (Å²) in [6.07, 6.45) is 3.10. The molecule has 6 rings (SSSR count). The van der Waals surface area contributed by atoms with Gasteiger partial charge in [0.25, 0.3) is 5.82 Å². The first kappa shape index (κ1) is 29.0. The molecule has 0 radical (unpaired) electrons. The molecule has 5 aromatic rings. The standard InChI is InChI=1S/C37H39N2O4/c1-38-22-23-39-33(28-40-24-29-14-6-2-7-15-29)34(41-25-30-16-8-3-9-17-30)35(42-26-31-18-10-4-11-19-31)36(37(38)39)43-27-32-20-12-5-13-21-32/h2-23,33-36H,24-28H2,1H3/q+1/t33-,34-,35+,36-/m1/s1. The van der Waals surface area contributed by atoms with Crippen LogP contribution in [0.15, 0.2) is 134 Å². The molecule has 0 unspecified atom stereocenters. The highest BCUT2D eigenvalue weighted by molar-refractivity contribution is 5.17. The molecule has 0 amide bonds. The molecule has 0 spiro atoms. The lowest BCUT2D eigenvalue weighted by molar-refractivity contribution is -0.684. The fourth-order valence-electron chi connectivity index (χ4n) is 5.73. The van der Waals surface area contributed by atoms with E-state index in [4.69, 9.17) is 18.9 Å². The summed E-state index contributed by atoms with van der Waals surface area (Å²) in [5, 5.41) is 0. The molecule has 1 aliphatic heterocycles. The summed E-state index contributed by atoms with van der Waals surface area (Å²) in [6, 6.07) is 41.0. The van der Waals surface area contributed by atoms with Crippen LogP contribution in [0.1, 0.15) is 40.2 Å². The lowest BCUT2D eigenvalue weighted by Crippen LogP contribution is -2.53. The zero-order valence-corrected chi connectivity index (χ0v) is 24.6. The van der Waals surface area contributed by atoms with Gasteiger partial charge in [-0.1, -0.05) is 121 Å². The minimum atomic E-state index is -0.383. The Balaban J connectivity index is 1.33. The van der Waals surface area contributed by atoms with E-state index in [0.29, 0.717) is 33.0 Å². The second kappa shape index (κ2) is 14.4. The second-order valence-electron chi connectivity index (χ2n) is 11.0. The van der Waals surface area contributed by atoms with Gasteiger partial charge in [-0.3, -0.25) is 0 Å². The van der Waals surface area contributed by atoms with Crippen LogP contribution in [0, 0.1) is 0 Å². The zero-order valence-electron chi connectivity index (χ0n) is 24.6. The van der Waals surface area contributed by atoms with Crippen molar-refractivity contribution in [1.29, 1.82) is 0 Å². The molecule has 1 aliphatic rings. The highest BCUT2D eigenvalue weighted by Gasteiger charge is 2.51. The maximum Gasteiger partial charge on any atom is 0.289 e. The Morgan fingerprint density at radius 2 is 1.00 bits per heavy atom. The first-order valence-corrected chi connectivity index (χ1v) is 14.9. The molecule has 0 N–H and O–H groups in total. The van der Waals surface area contributed by atoms with Gasteiger partial charge in [0.15, 0.2) is 12.1 Å². The third-order valence-corrected chi connectivity index (χ3v) is 7.93. The van der Waals surface area contributed by atoms with E-state index >= 15 is 0 Å². The average Bonchev–Trinajstić information content (AvgIpc) is 3.45. The van der Waals surface area contributed by atoms with E-state index in [2.05, 4.69) is 77.1 Å². The van der Waals surface area contributed by atoms with Crippen molar-refractivity contribution in [2.45, 2.75) is 50.8 Å². The summed E-state index contributed by atoms with van der Waals surface area (Å²) in [4.78, 5) is 0. The molecule has 0 fully saturated rings. The van der Waals surface area contributed by atoms with E-state index in [1.807, 2.05) is 72.8 Å². The molecule has 4 atom stereocenters. The van der Waals surface area contributed by atoms with Crippen molar-refractivity contribution in [3.63, 3.8) is 0 Å². The first-order chi connectivity index (χ1) is 21.3. The number of hydrogen-bond donors (Lipinski definition) is 0. The highest BCUT2D eigenvalue weighted by atomic mass is 16.6.